The van der Waals surface area contributed by atoms with Crippen molar-refractivity contribution in [3.05, 3.63) is 65.7 Å². The first-order valence-corrected chi connectivity index (χ1v) is 9.45. The summed E-state index contributed by atoms with van der Waals surface area (Å²) in [4.78, 5) is 22.9. The number of carbonyl (C=O) groups excluding carboxylic acids is 1. The summed E-state index contributed by atoms with van der Waals surface area (Å²) in [5.74, 6) is 0.168. The zero-order valence-electron chi connectivity index (χ0n) is 14.6. The summed E-state index contributed by atoms with van der Waals surface area (Å²) >= 11 is 1.65. The molecule has 0 radical (unpaired) electrons. The second-order valence-corrected chi connectivity index (χ2v) is 6.92. The largest absolute Gasteiger partial charge is 0.321 e. The highest BCUT2D eigenvalue weighted by Gasteiger charge is 2.26. The van der Waals surface area contributed by atoms with E-state index in [0.717, 1.165) is 29.5 Å². The molecule has 0 bridgehead atoms. The molecule has 2 aliphatic rings. The zero-order valence-corrected chi connectivity index (χ0v) is 15.4. The van der Waals surface area contributed by atoms with Gasteiger partial charge in [0.05, 0.1) is 12.2 Å². The minimum absolute atomic E-state index is 0.223. The van der Waals surface area contributed by atoms with Gasteiger partial charge in [0.2, 0.25) is 0 Å². The van der Waals surface area contributed by atoms with Gasteiger partial charge in [0.1, 0.15) is 12.7 Å². The van der Waals surface area contributed by atoms with Crippen LogP contribution in [0.5, 0.6) is 0 Å². The average molecular weight is 390 g/mol. The zero-order chi connectivity index (χ0) is 18.9. The Morgan fingerprint density at radius 3 is 2.75 bits per heavy atom. The maximum absolute atomic E-state index is 12.4. The molecule has 0 saturated heterocycles. The van der Waals surface area contributed by atoms with Crippen LogP contribution < -0.4 is 5.32 Å². The highest BCUT2D eigenvalue weighted by atomic mass is 32.2. The summed E-state index contributed by atoms with van der Waals surface area (Å²) in [5.41, 5.74) is 3.15. The number of benzene rings is 1. The molecule has 28 heavy (non-hydrogen) atoms. The lowest BCUT2D eigenvalue weighted by molar-refractivity contribution is 0.102. The SMILES string of the molecule is O=C(Nc1ccc(C2=CSC3=NCCN23)cc1)c1ccc(-n2cncn2)nn1. The molecule has 9 nitrogen and oxygen atoms in total. The van der Waals surface area contributed by atoms with Gasteiger partial charge in [-0.15, -0.1) is 10.2 Å². The van der Waals surface area contributed by atoms with Crippen LogP contribution in [-0.2, 0) is 0 Å². The molecule has 10 heteroatoms. The Kier molecular flexibility index (Phi) is 4.09. The standard InChI is InChI=1S/C18H14N8OS/c27-17(14-5-6-16(24-23-14)26-11-19-10-21-26)22-13-3-1-12(2-4-13)15-9-28-18-20-7-8-25(15)18/h1-6,9-11H,7-8H2,(H,22,27). The van der Waals surface area contributed by atoms with Crippen molar-refractivity contribution in [1.82, 2.24) is 29.9 Å². The molecule has 1 amide bonds. The molecule has 0 spiro atoms. The van der Waals surface area contributed by atoms with Gasteiger partial charge in [0.25, 0.3) is 5.91 Å². The Morgan fingerprint density at radius 2 is 2.00 bits per heavy atom. The van der Waals surface area contributed by atoms with E-state index in [-0.39, 0.29) is 11.6 Å². The second kappa shape index (κ2) is 6.89. The van der Waals surface area contributed by atoms with Gasteiger partial charge in [-0.25, -0.2) is 9.67 Å². The Morgan fingerprint density at radius 1 is 1.11 bits per heavy atom. The molecule has 4 heterocycles. The third kappa shape index (κ3) is 3.03. The van der Waals surface area contributed by atoms with Crippen LogP contribution in [-0.4, -0.2) is 54.0 Å². The Bertz CT molecular complexity index is 1070. The van der Waals surface area contributed by atoms with Crippen molar-refractivity contribution < 1.29 is 4.79 Å². The molecule has 0 unspecified atom stereocenters. The summed E-state index contributed by atoms with van der Waals surface area (Å²) in [6.45, 7) is 1.75. The summed E-state index contributed by atoms with van der Waals surface area (Å²) in [6, 6.07) is 11.0. The highest BCUT2D eigenvalue weighted by molar-refractivity contribution is 8.16. The minimum atomic E-state index is -0.324. The van der Waals surface area contributed by atoms with E-state index in [1.54, 1.807) is 23.9 Å². The van der Waals surface area contributed by atoms with Crippen molar-refractivity contribution >= 4 is 34.2 Å². The molecule has 0 aliphatic carbocycles. The van der Waals surface area contributed by atoms with Gasteiger partial charge in [0, 0.05) is 17.6 Å². The molecule has 1 aromatic carbocycles. The van der Waals surface area contributed by atoms with Crippen LogP contribution in [0.2, 0.25) is 0 Å². The van der Waals surface area contributed by atoms with Crippen molar-refractivity contribution in [2.75, 3.05) is 18.4 Å². The number of thioether (sulfide) groups is 1. The van der Waals surface area contributed by atoms with Gasteiger partial charge < -0.3 is 10.2 Å². The molecule has 0 atom stereocenters. The predicted octanol–water partition coefficient (Wildman–Crippen LogP) is 2.03. The normalized spacial score (nSPS) is 15.2. The van der Waals surface area contributed by atoms with E-state index in [0.29, 0.717) is 11.5 Å². The van der Waals surface area contributed by atoms with E-state index in [1.165, 1.54) is 17.3 Å². The number of anilines is 1. The van der Waals surface area contributed by atoms with E-state index in [2.05, 4.69) is 40.9 Å². The number of amides is 1. The smallest absolute Gasteiger partial charge is 0.276 e. The Hall–Kier alpha value is -3.53. The van der Waals surface area contributed by atoms with Crippen LogP contribution in [0.3, 0.4) is 0 Å². The van der Waals surface area contributed by atoms with E-state index >= 15 is 0 Å². The van der Waals surface area contributed by atoms with Gasteiger partial charge >= 0.3 is 0 Å². The number of aliphatic imine (C=N–C) groups is 1. The van der Waals surface area contributed by atoms with Crippen molar-refractivity contribution in [3.8, 4) is 5.82 Å². The summed E-state index contributed by atoms with van der Waals surface area (Å²) in [7, 11) is 0. The third-order valence-corrected chi connectivity index (χ3v) is 5.24. The van der Waals surface area contributed by atoms with E-state index < -0.39 is 0 Å². The molecule has 138 valence electrons. The Labute approximate surface area is 164 Å². The van der Waals surface area contributed by atoms with Gasteiger partial charge in [0.15, 0.2) is 16.7 Å². The number of aromatic nitrogens is 5. The molecule has 5 rings (SSSR count). The van der Waals surface area contributed by atoms with Gasteiger partial charge in [-0.05, 0) is 29.8 Å². The molecule has 2 aromatic heterocycles. The van der Waals surface area contributed by atoms with E-state index in [9.17, 15) is 4.79 Å². The monoisotopic (exact) mass is 390 g/mol. The fourth-order valence-corrected chi connectivity index (χ4v) is 3.92. The number of nitrogens with zero attached hydrogens (tertiary/aromatic N) is 7. The highest BCUT2D eigenvalue weighted by Crippen LogP contribution is 2.35. The number of amidine groups is 1. The summed E-state index contributed by atoms with van der Waals surface area (Å²) in [5, 5.41) is 17.9. The number of carbonyl (C=O) groups is 1. The summed E-state index contributed by atoms with van der Waals surface area (Å²) < 4.78 is 1.47. The first-order chi connectivity index (χ1) is 13.8. The lowest BCUT2D eigenvalue weighted by Gasteiger charge is -2.16. The van der Waals surface area contributed by atoms with Crippen LogP contribution in [0.4, 0.5) is 5.69 Å². The van der Waals surface area contributed by atoms with Gasteiger partial charge in [-0.1, -0.05) is 23.9 Å². The molecule has 2 aliphatic heterocycles. The molecular formula is C18H14N8OS. The molecule has 3 aromatic rings. The van der Waals surface area contributed by atoms with E-state index in [4.69, 9.17) is 0 Å². The van der Waals surface area contributed by atoms with Gasteiger partial charge in [-0.2, -0.15) is 5.10 Å². The van der Waals surface area contributed by atoms with E-state index in [1.807, 2.05) is 24.3 Å². The second-order valence-electron chi connectivity index (χ2n) is 6.09. The quantitative estimate of drug-likeness (QED) is 0.727. The predicted molar refractivity (Wildman–Crippen MR) is 106 cm³/mol. The molecular weight excluding hydrogens is 376 g/mol. The van der Waals surface area contributed by atoms with Crippen molar-refractivity contribution in [3.63, 3.8) is 0 Å². The topological polar surface area (TPSA) is 101 Å². The molecule has 1 N–H and O–H groups in total. The third-order valence-electron chi connectivity index (χ3n) is 4.34. The maximum Gasteiger partial charge on any atom is 0.276 e. The lowest BCUT2D eigenvalue weighted by atomic mass is 10.1. The van der Waals surface area contributed by atoms with Crippen LogP contribution >= 0.6 is 11.8 Å². The lowest BCUT2D eigenvalue weighted by Crippen LogP contribution is -2.19. The minimum Gasteiger partial charge on any atom is -0.321 e. The fraction of sp³-hybridized carbons (Fsp3) is 0.111. The number of nitrogens with one attached hydrogen (secondary N) is 1. The number of hydrogen-bond donors (Lipinski definition) is 1. The van der Waals surface area contributed by atoms with Crippen molar-refractivity contribution in [2.24, 2.45) is 4.99 Å². The van der Waals surface area contributed by atoms with Crippen molar-refractivity contribution in [2.45, 2.75) is 0 Å². The maximum atomic E-state index is 12.4. The Balaban J connectivity index is 1.27. The summed E-state index contributed by atoms with van der Waals surface area (Å²) in [6.07, 6.45) is 2.92. The number of rotatable bonds is 4. The average Bonchev–Trinajstić information content (AvgIpc) is 3.47. The van der Waals surface area contributed by atoms with Crippen molar-refractivity contribution in [1.29, 1.82) is 0 Å². The molecule has 0 fully saturated rings. The fourth-order valence-electron chi connectivity index (χ4n) is 2.96. The number of fused-ring (bicyclic) bond motifs is 1. The van der Waals surface area contributed by atoms with Crippen LogP contribution in [0, 0.1) is 0 Å². The van der Waals surface area contributed by atoms with Gasteiger partial charge in [-0.3, -0.25) is 9.79 Å². The molecule has 0 saturated carbocycles. The first-order valence-electron chi connectivity index (χ1n) is 8.57. The first kappa shape index (κ1) is 16.6. The van der Waals surface area contributed by atoms with Crippen LogP contribution in [0.15, 0.2) is 59.5 Å². The van der Waals surface area contributed by atoms with Crippen LogP contribution in [0.1, 0.15) is 16.1 Å². The van der Waals surface area contributed by atoms with Crippen LogP contribution in [0.25, 0.3) is 11.5 Å². The number of hydrogen-bond acceptors (Lipinski definition) is 8.